The van der Waals surface area contributed by atoms with Crippen molar-refractivity contribution in [2.24, 2.45) is 5.92 Å². The molecule has 10 heavy (non-hydrogen) atoms. The summed E-state index contributed by atoms with van der Waals surface area (Å²) >= 11 is 0. The van der Waals surface area contributed by atoms with Crippen LogP contribution in [0.1, 0.15) is 19.3 Å². The summed E-state index contributed by atoms with van der Waals surface area (Å²) in [7, 11) is 0. The van der Waals surface area contributed by atoms with Gasteiger partial charge in [-0.2, -0.15) is 0 Å². The molecule has 2 nitrogen and oxygen atoms in total. The van der Waals surface area contributed by atoms with Crippen LogP contribution in [0.4, 0.5) is 4.39 Å². The Balaban J connectivity index is 2.45. The average Bonchev–Trinajstić information content (AvgIpc) is 1.94. The highest BCUT2D eigenvalue weighted by molar-refractivity contribution is 5.54. The third kappa shape index (κ3) is 1.53. The Labute approximate surface area is 59.0 Å². The molecule has 1 fully saturated rings. The van der Waals surface area contributed by atoms with Gasteiger partial charge in [0.25, 0.3) is 0 Å². The lowest BCUT2D eigenvalue weighted by Gasteiger charge is -2.25. The summed E-state index contributed by atoms with van der Waals surface area (Å²) < 4.78 is 12.5. The van der Waals surface area contributed by atoms with E-state index in [0.29, 0.717) is 19.1 Å². The third-order valence-corrected chi connectivity index (χ3v) is 1.97. The Morgan fingerprint density at radius 3 is 2.70 bits per heavy atom. The maximum atomic E-state index is 12.5. The maximum Gasteiger partial charge on any atom is 0.125 e. The minimum absolute atomic E-state index is 0.199. The van der Waals surface area contributed by atoms with Crippen molar-refractivity contribution in [2.75, 3.05) is 0 Å². The van der Waals surface area contributed by atoms with Crippen molar-refractivity contribution in [3.8, 4) is 0 Å². The molecule has 0 bridgehead atoms. The van der Waals surface area contributed by atoms with E-state index in [9.17, 15) is 9.18 Å². The highest BCUT2D eigenvalue weighted by Gasteiger charge is 2.28. The van der Waals surface area contributed by atoms with Gasteiger partial charge in [0.2, 0.25) is 0 Å². The van der Waals surface area contributed by atoms with Gasteiger partial charge in [-0.25, -0.2) is 4.39 Å². The fourth-order valence-corrected chi connectivity index (χ4v) is 1.28. The highest BCUT2D eigenvalue weighted by atomic mass is 19.1. The van der Waals surface area contributed by atoms with E-state index in [1.165, 1.54) is 0 Å². The number of aldehydes is 1. The van der Waals surface area contributed by atoms with Crippen molar-refractivity contribution in [2.45, 2.75) is 31.5 Å². The summed E-state index contributed by atoms with van der Waals surface area (Å²) in [5.74, 6) is -0.469. The number of alkyl halides is 1. The number of aliphatic hydroxyl groups excluding tert-OH is 1. The molecule has 0 heterocycles. The molecule has 1 aliphatic carbocycles. The molecule has 1 aliphatic rings. The second-order valence-electron chi connectivity index (χ2n) is 2.78. The summed E-state index contributed by atoms with van der Waals surface area (Å²) in [5.41, 5.74) is 0. The van der Waals surface area contributed by atoms with Crippen LogP contribution in [-0.2, 0) is 4.79 Å². The van der Waals surface area contributed by atoms with E-state index in [-0.39, 0.29) is 6.42 Å². The minimum Gasteiger partial charge on any atom is -0.392 e. The molecule has 0 amide bonds. The van der Waals surface area contributed by atoms with Crippen molar-refractivity contribution >= 4 is 6.29 Å². The van der Waals surface area contributed by atoms with Crippen LogP contribution in [-0.4, -0.2) is 23.7 Å². The summed E-state index contributed by atoms with van der Waals surface area (Å²) in [6, 6.07) is 0. The van der Waals surface area contributed by atoms with Crippen molar-refractivity contribution in [1.29, 1.82) is 0 Å². The summed E-state index contributed by atoms with van der Waals surface area (Å²) in [4.78, 5) is 10.2. The molecule has 0 radical (unpaired) electrons. The Morgan fingerprint density at radius 1 is 1.50 bits per heavy atom. The van der Waals surface area contributed by atoms with Gasteiger partial charge in [-0.1, -0.05) is 0 Å². The molecule has 3 heteroatoms. The van der Waals surface area contributed by atoms with Crippen molar-refractivity contribution in [3.63, 3.8) is 0 Å². The monoisotopic (exact) mass is 146 g/mol. The van der Waals surface area contributed by atoms with Gasteiger partial charge in [0, 0.05) is 5.92 Å². The van der Waals surface area contributed by atoms with E-state index in [1.54, 1.807) is 0 Å². The van der Waals surface area contributed by atoms with Crippen molar-refractivity contribution in [3.05, 3.63) is 0 Å². The molecule has 0 aromatic carbocycles. The molecule has 58 valence electrons. The summed E-state index contributed by atoms with van der Waals surface area (Å²) in [6.07, 6.45) is 0.167. The molecular weight excluding hydrogens is 135 g/mol. The first-order valence-electron chi connectivity index (χ1n) is 3.51. The lowest BCUT2D eigenvalue weighted by Crippen LogP contribution is -2.30. The van der Waals surface area contributed by atoms with E-state index in [2.05, 4.69) is 0 Å². The smallest absolute Gasteiger partial charge is 0.125 e. The van der Waals surface area contributed by atoms with E-state index >= 15 is 0 Å². The van der Waals surface area contributed by atoms with Crippen LogP contribution >= 0.6 is 0 Å². The van der Waals surface area contributed by atoms with Crippen molar-refractivity contribution < 1.29 is 14.3 Å². The number of hydrogen-bond acceptors (Lipinski definition) is 2. The average molecular weight is 146 g/mol. The predicted octanol–water partition coefficient (Wildman–Crippen LogP) is 0.684. The van der Waals surface area contributed by atoms with E-state index in [4.69, 9.17) is 5.11 Å². The second kappa shape index (κ2) is 3.10. The molecule has 0 aromatic rings. The van der Waals surface area contributed by atoms with Gasteiger partial charge in [0.05, 0.1) is 6.10 Å². The quantitative estimate of drug-likeness (QED) is 0.552. The number of hydrogen-bond donors (Lipinski definition) is 1. The fourth-order valence-electron chi connectivity index (χ4n) is 1.28. The molecule has 3 atom stereocenters. The van der Waals surface area contributed by atoms with Crippen LogP contribution in [0, 0.1) is 5.92 Å². The van der Waals surface area contributed by atoms with E-state index in [1.807, 2.05) is 0 Å². The van der Waals surface area contributed by atoms with Crippen LogP contribution in [0.25, 0.3) is 0 Å². The number of carbonyl (C=O) groups excluding carboxylic acids is 1. The molecule has 1 rings (SSSR count). The Hall–Kier alpha value is -0.440. The highest BCUT2D eigenvalue weighted by Crippen LogP contribution is 2.25. The number of halogens is 1. The molecule has 1 saturated carbocycles. The van der Waals surface area contributed by atoms with Gasteiger partial charge in [-0.3, -0.25) is 0 Å². The standard InChI is InChI=1S/C7H11FO2/c8-6-1-2-7(10)5(3-6)4-9/h4-7,10H,1-3H2/t5?,6-,7?/m0/s1. The van der Waals surface area contributed by atoms with Gasteiger partial charge in [-0.05, 0) is 19.3 Å². The topological polar surface area (TPSA) is 37.3 Å². The molecule has 0 aliphatic heterocycles. The molecule has 2 unspecified atom stereocenters. The third-order valence-electron chi connectivity index (χ3n) is 1.97. The summed E-state index contributed by atoms with van der Waals surface area (Å²) in [6.45, 7) is 0. The molecule has 1 N–H and O–H groups in total. The van der Waals surface area contributed by atoms with Gasteiger partial charge in [0.15, 0.2) is 0 Å². The first-order chi connectivity index (χ1) is 4.74. The number of rotatable bonds is 1. The van der Waals surface area contributed by atoms with Crippen LogP contribution < -0.4 is 0 Å². The first-order valence-corrected chi connectivity index (χ1v) is 3.51. The zero-order valence-corrected chi connectivity index (χ0v) is 5.66. The van der Waals surface area contributed by atoms with Gasteiger partial charge in [-0.15, -0.1) is 0 Å². The number of carbonyl (C=O) groups is 1. The van der Waals surface area contributed by atoms with Gasteiger partial charge in [0.1, 0.15) is 12.5 Å². The summed E-state index contributed by atoms with van der Waals surface area (Å²) in [5, 5.41) is 9.09. The zero-order valence-electron chi connectivity index (χ0n) is 5.66. The van der Waals surface area contributed by atoms with E-state index in [0.717, 1.165) is 0 Å². The zero-order chi connectivity index (χ0) is 7.56. The van der Waals surface area contributed by atoms with Crippen LogP contribution in [0.5, 0.6) is 0 Å². The molecule has 0 aromatic heterocycles. The van der Waals surface area contributed by atoms with Gasteiger partial charge >= 0.3 is 0 Å². The molecule has 0 spiro atoms. The second-order valence-corrected chi connectivity index (χ2v) is 2.78. The lowest BCUT2D eigenvalue weighted by molar-refractivity contribution is -0.116. The maximum absolute atomic E-state index is 12.5. The Kier molecular flexibility index (Phi) is 2.38. The van der Waals surface area contributed by atoms with Gasteiger partial charge < -0.3 is 9.90 Å². The first kappa shape index (κ1) is 7.66. The predicted molar refractivity (Wildman–Crippen MR) is 34.3 cm³/mol. The van der Waals surface area contributed by atoms with Crippen LogP contribution in [0.15, 0.2) is 0 Å². The van der Waals surface area contributed by atoms with Crippen LogP contribution in [0.3, 0.4) is 0 Å². The van der Waals surface area contributed by atoms with E-state index < -0.39 is 18.2 Å². The molecular formula is C7H11FO2. The minimum atomic E-state index is -0.890. The number of aliphatic hydroxyl groups is 1. The Bertz CT molecular complexity index is 127. The van der Waals surface area contributed by atoms with Crippen molar-refractivity contribution in [1.82, 2.24) is 0 Å². The van der Waals surface area contributed by atoms with Crippen LogP contribution in [0.2, 0.25) is 0 Å². The SMILES string of the molecule is O=CC1C[C@@H](F)CCC1O. The molecule has 0 saturated heterocycles. The Morgan fingerprint density at radius 2 is 2.20 bits per heavy atom. The largest absolute Gasteiger partial charge is 0.392 e. The normalized spacial score (nSPS) is 41.2. The lowest BCUT2D eigenvalue weighted by atomic mass is 9.86. The fraction of sp³-hybridized carbons (Fsp3) is 0.857.